The lowest BCUT2D eigenvalue weighted by Crippen LogP contribution is -2.34. The highest BCUT2D eigenvalue weighted by atomic mass is 35.5. The molecule has 2 aromatic rings. The molecule has 7 heteroatoms. The molecule has 0 fully saturated rings. The Morgan fingerprint density at radius 2 is 1.84 bits per heavy atom. The summed E-state index contributed by atoms with van der Waals surface area (Å²) in [5.74, 6) is 0.775. The molecule has 1 heterocycles. The first-order chi connectivity index (χ1) is 11.6. The minimum atomic E-state index is -3.54. The second kappa shape index (κ2) is 6.52. The molecule has 5 nitrogen and oxygen atoms in total. The highest BCUT2D eigenvalue weighted by Crippen LogP contribution is 2.37. The van der Waals surface area contributed by atoms with Crippen molar-refractivity contribution in [1.29, 1.82) is 0 Å². The highest BCUT2D eigenvalue weighted by Gasteiger charge is 2.23. The standard InChI is InChI=1S/C18H21ClN2O3S/c1-18(2,3)11-24-15-6-4-12(5-7-15)16-9-14(19)8-13-10-20-25(22,23)21-17(13)16/h4-9,20-21H,10-11H2,1-3H3. The van der Waals surface area contributed by atoms with Gasteiger partial charge in [0.15, 0.2) is 0 Å². The number of anilines is 1. The lowest BCUT2D eigenvalue weighted by Gasteiger charge is -2.23. The van der Waals surface area contributed by atoms with Gasteiger partial charge < -0.3 is 4.74 Å². The SMILES string of the molecule is CC(C)(C)COc1ccc(-c2cc(Cl)cc3c2NS(=O)(=O)NC3)cc1. The van der Waals surface area contributed by atoms with Crippen molar-refractivity contribution < 1.29 is 13.2 Å². The Hall–Kier alpha value is -1.76. The van der Waals surface area contributed by atoms with E-state index >= 15 is 0 Å². The Morgan fingerprint density at radius 1 is 1.16 bits per heavy atom. The molecule has 0 saturated heterocycles. The first kappa shape index (κ1) is 18.0. The van der Waals surface area contributed by atoms with Gasteiger partial charge in [0.2, 0.25) is 0 Å². The summed E-state index contributed by atoms with van der Waals surface area (Å²) < 4.78 is 34.5. The highest BCUT2D eigenvalue weighted by molar-refractivity contribution is 7.90. The van der Waals surface area contributed by atoms with E-state index in [1.54, 1.807) is 12.1 Å². The average molecular weight is 381 g/mol. The Morgan fingerprint density at radius 3 is 2.48 bits per heavy atom. The Bertz CT molecular complexity index is 888. The number of fused-ring (bicyclic) bond motifs is 1. The fourth-order valence-corrected chi connectivity index (χ4v) is 3.69. The molecule has 0 aromatic heterocycles. The fourth-order valence-electron chi connectivity index (χ4n) is 2.52. The first-order valence-electron chi connectivity index (χ1n) is 7.96. The maximum atomic E-state index is 11.8. The van der Waals surface area contributed by atoms with Gasteiger partial charge in [0.25, 0.3) is 10.2 Å². The molecule has 0 bridgehead atoms. The van der Waals surface area contributed by atoms with Crippen LogP contribution in [0.5, 0.6) is 5.75 Å². The van der Waals surface area contributed by atoms with Gasteiger partial charge in [-0.05, 0) is 40.8 Å². The minimum absolute atomic E-state index is 0.0793. The molecular formula is C18H21ClN2O3S. The number of rotatable bonds is 3. The molecule has 0 saturated carbocycles. The van der Waals surface area contributed by atoms with E-state index in [4.69, 9.17) is 16.3 Å². The van der Waals surface area contributed by atoms with Gasteiger partial charge in [-0.2, -0.15) is 13.1 Å². The summed E-state index contributed by atoms with van der Waals surface area (Å²) in [7, 11) is -3.54. The lowest BCUT2D eigenvalue weighted by atomic mass is 9.98. The van der Waals surface area contributed by atoms with Crippen LogP contribution in [0.15, 0.2) is 36.4 Å². The zero-order valence-electron chi connectivity index (χ0n) is 14.4. The smallest absolute Gasteiger partial charge is 0.299 e. The van der Waals surface area contributed by atoms with Crippen LogP contribution in [0.2, 0.25) is 5.02 Å². The van der Waals surface area contributed by atoms with Gasteiger partial charge in [0.1, 0.15) is 5.75 Å². The summed E-state index contributed by atoms with van der Waals surface area (Å²) >= 11 is 6.20. The predicted octanol–water partition coefficient (Wildman–Crippen LogP) is 4.19. The molecule has 0 spiro atoms. The lowest BCUT2D eigenvalue weighted by molar-refractivity contribution is 0.198. The van der Waals surface area contributed by atoms with Crippen LogP contribution < -0.4 is 14.2 Å². The summed E-state index contributed by atoms with van der Waals surface area (Å²) in [5, 5.41) is 0.560. The molecule has 1 aliphatic rings. The molecule has 0 aliphatic carbocycles. The van der Waals surface area contributed by atoms with E-state index < -0.39 is 10.2 Å². The normalized spacial score (nSPS) is 16.0. The van der Waals surface area contributed by atoms with Crippen molar-refractivity contribution in [1.82, 2.24) is 4.72 Å². The quantitative estimate of drug-likeness (QED) is 0.838. The van der Waals surface area contributed by atoms with Crippen molar-refractivity contribution in [2.24, 2.45) is 5.41 Å². The molecule has 0 amide bonds. The van der Waals surface area contributed by atoms with Gasteiger partial charge in [-0.3, -0.25) is 4.72 Å². The molecule has 0 radical (unpaired) electrons. The molecule has 1 aliphatic heterocycles. The third-order valence-electron chi connectivity index (χ3n) is 3.71. The van der Waals surface area contributed by atoms with Crippen molar-refractivity contribution >= 4 is 27.5 Å². The third kappa shape index (κ3) is 4.45. The third-order valence-corrected chi connectivity index (χ3v) is 4.93. The zero-order valence-corrected chi connectivity index (χ0v) is 16.0. The molecule has 134 valence electrons. The number of nitrogens with one attached hydrogen (secondary N) is 2. The van der Waals surface area contributed by atoms with Crippen LogP contribution in [-0.4, -0.2) is 15.0 Å². The average Bonchev–Trinajstić information content (AvgIpc) is 2.52. The number of benzene rings is 2. The van der Waals surface area contributed by atoms with Crippen LogP contribution in [0.25, 0.3) is 11.1 Å². The van der Waals surface area contributed by atoms with E-state index in [2.05, 4.69) is 30.2 Å². The van der Waals surface area contributed by atoms with Crippen LogP contribution in [0, 0.1) is 5.41 Å². The molecule has 2 N–H and O–H groups in total. The van der Waals surface area contributed by atoms with Gasteiger partial charge in [0.05, 0.1) is 12.3 Å². The number of hydrogen-bond acceptors (Lipinski definition) is 3. The van der Waals surface area contributed by atoms with Gasteiger partial charge in [-0.25, -0.2) is 0 Å². The maximum Gasteiger partial charge on any atom is 0.299 e. The fraction of sp³-hybridized carbons (Fsp3) is 0.333. The molecule has 2 aromatic carbocycles. The second-order valence-electron chi connectivity index (χ2n) is 7.29. The van der Waals surface area contributed by atoms with Gasteiger partial charge in [0, 0.05) is 17.1 Å². The number of halogens is 1. The van der Waals surface area contributed by atoms with Crippen molar-refractivity contribution in [3.05, 3.63) is 47.0 Å². The van der Waals surface area contributed by atoms with E-state index in [0.717, 1.165) is 22.4 Å². The largest absolute Gasteiger partial charge is 0.493 e. The van der Waals surface area contributed by atoms with Gasteiger partial charge in [-0.1, -0.05) is 44.5 Å². The second-order valence-corrected chi connectivity index (χ2v) is 9.22. The van der Waals surface area contributed by atoms with Crippen LogP contribution in [-0.2, 0) is 16.8 Å². The van der Waals surface area contributed by atoms with Gasteiger partial charge in [-0.15, -0.1) is 0 Å². The van der Waals surface area contributed by atoms with Crippen molar-refractivity contribution in [3.8, 4) is 16.9 Å². The molecular weight excluding hydrogens is 360 g/mol. The number of hydrogen-bond donors (Lipinski definition) is 2. The van der Waals surface area contributed by atoms with E-state index in [0.29, 0.717) is 17.3 Å². The zero-order chi connectivity index (χ0) is 18.2. The topological polar surface area (TPSA) is 67.4 Å². The van der Waals surface area contributed by atoms with E-state index in [1.807, 2.05) is 24.3 Å². The Labute approximate surface area is 153 Å². The maximum absolute atomic E-state index is 11.8. The molecule has 25 heavy (non-hydrogen) atoms. The molecule has 0 atom stereocenters. The summed E-state index contributed by atoms with van der Waals surface area (Å²) in [6.07, 6.45) is 0. The summed E-state index contributed by atoms with van der Waals surface area (Å²) in [5.41, 5.74) is 3.06. The molecule has 0 unspecified atom stereocenters. The Balaban J connectivity index is 1.93. The summed E-state index contributed by atoms with van der Waals surface area (Å²) in [6.45, 7) is 7.16. The predicted molar refractivity (Wildman–Crippen MR) is 101 cm³/mol. The van der Waals surface area contributed by atoms with Crippen LogP contribution >= 0.6 is 11.6 Å². The summed E-state index contributed by atoms with van der Waals surface area (Å²) in [4.78, 5) is 0. The van der Waals surface area contributed by atoms with E-state index in [1.165, 1.54) is 0 Å². The first-order valence-corrected chi connectivity index (χ1v) is 9.82. The van der Waals surface area contributed by atoms with Crippen LogP contribution in [0.4, 0.5) is 5.69 Å². The summed E-state index contributed by atoms with van der Waals surface area (Å²) in [6, 6.07) is 11.1. The van der Waals surface area contributed by atoms with E-state index in [-0.39, 0.29) is 12.0 Å². The van der Waals surface area contributed by atoms with Gasteiger partial charge >= 0.3 is 0 Å². The Kier molecular flexibility index (Phi) is 4.70. The molecule has 3 rings (SSSR count). The van der Waals surface area contributed by atoms with E-state index in [9.17, 15) is 8.42 Å². The van der Waals surface area contributed by atoms with Crippen LogP contribution in [0.3, 0.4) is 0 Å². The minimum Gasteiger partial charge on any atom is -0.493 e. The van der Waals surface area contributed by atoms with Crippen LogP contribution in [0.1, 0.15) is 26.3 Å². The number of ether oxygens (including phenoxy) is 1. The monoisotopic (exact) mass is 380 g/mol. The van der Waals surface area contributed by atoms with Crippen molar-refractivity contribution in [2.45, 2.75) is 27.3 Å². The van der Waals surface area contributed by atoms with Crippen molar-refractivity contribution in [2.75, 3.05) is 11.3 Å². The van der Waals surface area contributed by atoms with Crippen molar-refractivity contribution in [3.63, 3.8) is 0 Å².